The number of oxazole rings is 1. The molecule has 1 unspecified atom stereocenters. The van der Waals surface area contributed by atoms with E-state index in [1.54, 1.807) is 6.07 Å². The number of hydrogen-bond donors (Lipinski definition) is 1. The number of aromatic nitrogens is 1. The van der Waals surface area contributed by atoms with Gasteiger partial charge >= 0.3 is 0 Å². The van der Waals surface area contributed by atoms with Crippen LogP contribution in [-0.4, -0.2) is 41.5 Å². The largest absolute Gasteiger partial charge is 0.424 e. The van der Waals surface area contributed by atoms with Crippen molar-refractivity contribution in [1.29, 1.82) is 0 Å². The van der Waals surface area contributed by atoms with Crippen LogP contribution in [0.25, 0.3) is 11.1 Å². The second-order valence-corrected chi connectivity index (χ2v) is 5.07. The molecule has 7 heteroatoms. The molecule has 0 fully saturated rings. The van der Waals surface area contributed by atoms with Crippen LogP contribution in [-0.2, 0) is 0 Å². The SMILES string of the molecule is CC(CCN(C)C)Nc1nc2cc([N+](=O)[O-])ccc2o1. The summed E-state index contributed by atoms with van der Waals surface area (Å²) in [5, 5.41) is 13.9. The number of nitrogens with one attached hydrogen (secondary N) is 1. The van der Waals surface area contributed by atoms with Crippen molar-refractivity contribution in [3.63, 3.8) is 0 Å². The van der Waals surface area contributed by atoms with Crippen molar-refractivity contribution in [1.82, 2.24) is 9.88 Å². The molecular weight excluding hydrogens is 260 g/mol. The summed E-state index contributed by atoms with van der Waals surface area (Å²) < 4.78 is 5.52. The molecule has 1 aromatic carbocycles. The summed E-state index contributed by atoms with van der Waals surface area (Å²) >= 11 is 0. The van der Waals surface area contributed by atoms with Gasteiger partial charge in [-0.3, -0.25) is 10.1 Å². The first-order chi connectivity index (χ1) is 9.45. The second-order valence-electron chi connectivity index (χ2n) is 5.07. The van der Waals surface area contributed by atoms with Gasteiger partial charge in [-0.05, 0) is 40.1 Å². The maximum atomic E-state index is 10.7. The van der Waals surface area contributed by atoms with E-state index in [-0.39, 0.29) is 11.7 Å². The Hall–Kier alpha value is -2.15. The van der Waals surface area contributed by atoms with Gasteiger partial charge in [-0.2, -0.15) is 4.98 Å². The zero-order valence-corrected chi connectivity index (χ0v) is 11.8. The molecule has 0 radical (unpaired) electrons. The van der Waals surface area contributed by atoms with E-state index in [4.69, 9.17) is 4.42 Å². The molecule has 20 heavy (non-hydrogen) atoms. The highest BCUT2D eigenvalue weighted by molar-refractivity contribution is 5.77. The van der Waals surface area contributed by atoms with Gasteiger partial charge in [0.2, 0.25) is 0 Å². The van der Waals surface area contributed by atoms with Gasteiger partial charge in [0.25, 0.3) is 11.7 Å². The first-order valence-corrected chi connectivity index (χ1v) is 6.42. The maximum Gasteiger partial charge on any atom is 0.295 e. The Morgan fingerprint density at radius 1 is 1.50 bits per heavy atom. The summed E-state index contributed by atoms with van der Waals surface area (Å²) in [4.78, 5) is 16.6. The maximum absolute atomic E-state index is 10.7. The first kappa shape index (κ1) is 14.3. The van der Waals surface area contributed by atoms with E-state index in [1.807, 2.05) is 21.0 Å². The molecule has 1 atom stereocenters. The zero-order valence-electron chi connectivity index (χ0n) is 11.8. The fraction of sp³-hybridized carbons (Fsp3) is 0.462. The predicted octanol–water partition coefficient (Wildman–Crippen LogP) is 2.49. The van der Waals surface area contributed by atoms with E-state index in [0.717, 1.165) is 13.0 Å². The normalized spacial score (nSPS) is 12.8. The molecule has 1 N–H and O–H groups in total. The first-order valence-electron chi connectivity index (χ1n) is 6.42. The summed E-state index contributed by atoms with van der Waals surface area (Å²) in [6.07, 6.45) is 0.950. The molecule has 0 aliphatic rings. The number of nitrogens with zero attached hydrogens (tertiary/aromatic N) is 3. The molecule has 0 aliphatic heterocycles. The Kier molecular flexibility index (Phi) is 4.19. The third-order valence-corrected chi connectivity index (χ3v) is 2.96. The molecule has 0 saturated heterocycles. The van der Waals surface area contributed by atoms with Crippen molar-refractivity contribution in [2.75, 3.05) is 26.0 Å². The number of nitro groups is 1. The van der Waals surface area contributed by atoms with Gasteiger partial charge in [0, 0.05) is 18.2 Å². The van der Waals surface area contributed by atoms with Crippen LogP contribution < -0.4 is 5.32 Å². The Balaban J connectivity index is 2.09. The average Bonchev–Trinajstić information content (AvgIpc) is 2.77. The van der Waals surface area contributed by atoms with Crippen molar-refractivity contribution in [2.24, 2.45) is 0 Å². The molecule has 108 valence electrons. The highest BCUT2D eigenvalue weighted by atomic mass is 16.6. The van der Waals surface area contributed by atoms with Crippen molar-refractivity contribution in [2.45, 2.75) is 19.4 Å². The van der Waals surface area contributed by atoms with E-state index in [0.29, 0.717) is 17.1 Å². The van der Waals surface area contributed by atoms with Gasteiger partial charge in [-0.15, -0.1) is 0 Å². The Bertz CT molecular complexity index is 609. The van der Waals surface area contributed by atoms with E-state index in [2.05, 4.69) is 15.2 Å². The van der Waals surface area contributed by atoms with Crippen molar-refractivity contribution < 1.29 is 9.34 Å². The molecule has 1 aromatic heterocycles. The minimum atomic E-state index is -0.444. The quantitative estimate of drug-likeness (QED) is 0.645. The predicted molar refractivity (Wildman–Crippen MR) is 76.9 cm³/mol. The summed E-state index contributed by atoms with van der Waals surface area (Å²) in [7, 11) is 4.04. The van der Waals surface area contributed by atoms with Crippen LogP contribution in [0.2, 0.25) is 0 Å². The van der Waals surface area contributed by atoms with Crippen molar-refractivity contribution >= 4 is 22.8 Å². The van der Waals surface area contributed by atoms with Crippen LogP contribution in [0.5, 0.6) is 0 Å². The lowest BCUT2D eigenvalue weighted by Gasteiger charge is -2.15. The van der Waals surface area contributed by atoms with Gasteiger partial charge in [0.15, 0.2) is 5.58 Å². The molecule has 7 nitrogen and oxygen atoms in total. The number of anilines is 1. The monoisotopic (exact) mass is 278 g/mol. The fourth-order valence-electron chi connectivity index (χ4n) is 1.83. The molecular formula is C13H18N4O3. The highest BCUT2D eigenvalue weighted by Crippen LogP contribution is 2.23. The standard InChI is InChI=1S/C13H18N4O3/c1-9(6-7-16(2)3)14-13-15-11-8-10(17(18)19)4-5-12(11)20-13/h4-5,8-9H,6-7H2,1-3H3,(H,14,15). The second kappa shape index (κ2) is 5.87. The minimum Gasteiger partial charge on any atom is -0.424 e. The number of hydrogen-bond acceptors (Lipinski definition) is 6. The zero-order chi connectivity index (χ0) is 14.7. The Morgan fingerprint density at radius 3 is 2.90 bits per heavy atom. The number of nitro benzene ring substituents is 1. The number of rotatable bonds is 6. The van der Waals surface area contributed by atoms with Gasteiger partial charge in [-0.1, -0.05) is 0 Å². The Morgan fingerprint density at radius 2 is 2.25 bits per heavy atom. The van der Waals surface area contributed by atoms with Gasteiger partial charge in [0.1, 0.15) is 5.52 Å². The topological polar surface area (TPSA) is 84.4 Å². The lowest BCUT2D eigenvalue weighted by Crippen LogP contribution is -2.23. The van der Waals surface area contributed by atoms with Crippen LogP contribution >= 0.6 is 0 Å². The fourth-order valence-corrected chi connectivity index (χ4v) is 1.83. The van der Waals surface area contributed by atoms with Crippen LogP contribution in [0.15, 0.2) is 22.6 Å². The molecule has 0 spiro atoms. The van der Waals surface area contributed by atoms with E-state index >= 15 is 0 Å². The Labute approximate surface area is 116 Å². The average molecular weight is 278 g/mol. The molecule has 0 bridgehead atoms. The summed E-state index contributed by atoms with van der Waals surface area (Å²) in [6, 6.07) is 4.99. The molecule has 0 aliphatic carbocycles. The molecule has 2 aromatic rings. The molecule has 0 saturated carbocycles. The number of non-ortho nitro benzene ring substituents is 1. The summed E-state index contributed by atoms with van der Waals surface area (Å²) in [5.41, 5.74) is 1.04. The third kappa shape index (κ3) is 3.45. The lowest BCUT2D eigenvalue weighted by molar-refractivity contribution is -0.384. The van der Waals surface area contributed by atoms with Gasteiger partial charge in [0.05, 0.1) is 4.92 Å². The lowest BCUT2D eigenvalue weighted by atomic mass is 10.2. The van der Waals surface area contributed by atoms with Crippen LogP contribution in [0.3, 0.4) is 0 Å². The molecule has 2 rings (SSSR count). The van der Waals surface area contributed by atoms with E-state index in [1.165, 1.54) is 12.1 Å². The third-order valence-electron chi connectivity index (χ3n) is 2.96. The van der Waals surface area contributed by atoms with Crippen LogP contribution in [0, 0.1) is 10.1 Å². The minimum absolute atomic E-state index is 0.0120. The van der Waals surface area contributed by atoms with E-state index < -0.39 is 4.92 Å². The van der Waals surface area contributed by atoms with Crippen molar-refractivity contribution in [3.8, 4) is 0 Å². The van der Waals surface area contributed by atoms with E-state index in [9.17, 15) is 10.1 Å². The van der Waals surface area contributed by atoms with Crippen LogP contribution in [0.1, 0.15) is 13.3 Å². The number of fused-ring (bicyclic) bond motifs is 1. The number of benzene rings is 1. The molecule has 0 amide bonds. The van der Waals surface area contributed by atoms with Crippen LogP contribution in [0.4, 0.5) is 11.7 Å². The van der Waals surface area contributed by atoms with Gasteiger partial charge in [-0.25, -0.2) is 0 Å². The van der Waals surface area contributed by atoms with Gasteiger partial charge < -0.3 is 14.6 Å². The molecule has 1 heterocycles. The summed E-state index contributed by atoms with van der Waals surface area (Å²) in [6.45, 7) is 3.00. The highest BCUT2D eigenvalue weighted by Gasteiger charge is 2.13. The summed E-state index contributed by atoms with van der Waals surface area (Å²) in [5.74, 6) is 0. The smallest absolute Gasteiger partial charge is 0.295 e. The van der Waals surface area contributed by atoms with Crippen molar-refractivity contribution in [3.05, 3.63) is 28.3 Å².